The number of rotatable bonds is 7. The molecule has 4 rings (SSSR count). The van der Waals surface area contributed by atoms with Crippen LogP contribution >= 0.6 is 0 Å². The van der Waals surface area contributed by atoms with E-state index in [1.54, 1.807) is 30.2 Å². The van der Waals surface area contributed by atoms with Crippen molar-refractivity contribution in [1.29, 1.82) is 0 Å². The first-order valence-electron chi connectivity index (χ1n) is 11.2. The van der Waals surface area contributed by atoms with Crippen LogP contribution in [0.2, 0.25) is 0 Å². The predicted octanol–water partition coefficient (Wildman–Crippen LogP) is 1.07. The summed E-state index contributed by atoms with van der Waals surface area (Å²) in [5.74, 6) is 1.87. The van der Waals surface area contributed by atoms with Gasteiger partial charge in [0.05, 0.1) is 11.8 Å². The van der Waals surface area contributed by atoms with Gasteiger partial charge < -0.3 is 30.6 Å². The Bertz CT molecular complexity index is 1150. The van der Waals surface area contributed by atoms with Crippen molar-refractivity contribution in [3.05, 3.63) is 30.1 Å². The highest BCUT2D eigenvalue weighted by molar-refractivity contribution is 5.89. The number of fused-ring (bicyclic) bond motifs is 1. The Labute approximate surface area is 197 Å². The van der Waals surface area contributed by atoms with E-state index < -0.39 is 12.7 Å². The molecule has 12 heteroatoms. The standard InChI is InChI=1S/C22H29N9O3/c1-13(2)24-21-20-15(10-16(25-21)14(3)33)11-23-22(27-20)26-17-4-5-18(29-28-17)30-6-8-31(9-7-30)19(34)12-32/h4-5,10-11,13-14,32-33H,6-9,12H2,1-3H3,(H,24,25)(H,23,26,27,28)/t14-/m1/s1. The topological polar surface area (TPSA) is 153 Å². The molecule has 1 atom stereocenters. The zero-order chi connectivity index (χ0) is 24.2. The predicted molar refractivity (Wildman–Crippen MR) is 128 cm³/mol. The van der Waals surface area contributed by atoms with Crippen LogP contribution in [-0.4, -0.2) is 85.0 Å². The van der Waals surface area contributed by atoms with Gasteiger partial charge >= 0.3 is 0 Å². The van der Waals surface area contributed by atoms with Crippen molar-refractivity contribution in [3.63, 3.8) is 0 Å². The normalized spacial score (nSPS) is 15.0. The highest BCUT2D eigenvalue weighted by Gasteiger charge is 2.21. The lowest BCUT2D eigenvalue weighted by molar-refractivity contribution is -0.134. The fourth-order valence-electron chi connectivity index (χ4n) is 3.67. The molecule has 12 nitrogen and oxygen atoms in total. The van der Waals surface area contributed by atoms with Crippen LogP contribution in [-0.2, 0) is 4.79 Å². The van der Waals surface area contributed by atoms with Gasteiger partial charge in [0.25, 0.3) is 0 Å². The van der Waals surface area contributed by atoms with Crippen molar-refractivity contribution in [2.75, 3.05) is 48.3 Å². The van der Waals surface area contributed by atoms with Crippen molar-refractivity contribution < 1.29 is 15.0 Å². The van der Waals surface area contributed by atoms with E-state index >= 15 is 0 Å². The van der Waals surface area contributed by atoms with Gasteiger partial charge in [0.15, 0.2) is 17.5 Å². The van der Waals surface area contributed by atoms with Crippen LogP contribution in [0.4, 0.5) is 23.4 Å². The van der Waals surface area contributed by atoms with E-state index in [0.717, 1.165) is 5.39 Å². The number of aliphatic hydroxyl groups is 2. The first-order chi connectivity index (χ1) is 16.3. The third kappa shape index (κ3) is 5.29. The fourth-order valence-corrected chi connectivity index (χ4v) is 3.67. The third-order valence-corrected chi connectivity index (χ3v) is 5.42. The second-order valence-electron chi connectivity index (χ2n) is 8.43. The van der Waals surface area contributed by atoms with E-state index in [1.165, 1.54) is 0 Å². The number of pyridine rings is 1. The van der Waals surface area contributed by atoms with Gasteiger partial charge in [-0.05, 0) is 39.0 Å². The Morgan fingerprint density at radius 1 is 1.12 bits per heavy atom. The van der Waals surface area contributed by atoms with Gasteiger partial charge in [0.2, 0.25) is 11.9 Å². The number of piperazine rings is 1. The summed E-state index contributed by atoms with van der Waals surface area (Å²) in [6, 6.07) is 5.55. The average Bonchev–Trinajstić information content (AvgIpc) is 2.84. The third-order valence-electron chi connectivity index (χ3n) is 5.42. The summed E-state index contributed by atoms with van der Waals surface area (Å²) >= 11 is 0. The largest absolute Gasteiger partial charge is 0.387 e. The van der Waals surface area contributed by atoms with E-state index in [-0.39, 0.29) is 11.9 Å². The molecule has 180 valence electrons. The number of carbonyl (C=O) groups excluding carboxylic acids is 1. The molecule has 1 fully saturated rings. The number of hydrogen-bond acceptors (Lipinski definition) is 11. The van der Waals surface area contributed by atoms with Crippen LogP contribution in [0.3, 0.4) is 0 Å². The summed E-state index contributed by atoms with van der Waals surface area (Å²) in [5, 5.41) is 34.6. The van der Waals surface area contributed by atoms with Gasteiger partial charge in [-0.15, -0.1) is 10.2 Å². The van der Waals surface area contributed by atoms with Crippen LogP contribution in [0.5, 0.6) is 0 Å². The van der Waals surface area contributed by atoms with E-state index in [9.17, 15) is 9.90 Å². The number of aliphatic hydroxyl groups excluding tert-OH is 2. The zero-order valence-corrected chi connectivity index (χ0v) is 19.4. The first-order valence-corrected chi connectivity index (χ1v) is 11.2. The van der Waals surface area contributed by atoms with Crippen molar-refractivity contribution in [1.82, 2.24) is 30.0 Å². The summed E-state index contributed by atoms with van der Waals surface area (Å²) in [4.78, 5) is 28.8. The Morgan fingerprint density at radius 2 is 1.88 bits per heavy atom. The van der Waals surface area contributed by atoms with Gasteiger partial charge in [-0.25, -0.2) is 15.0 Å². The van der Waals surface area contributed by atoms with Crippen LogP contribution in [0.25, 0.3) is 10.9 Å². The summed E-state index contributed by atoms with van der Waals surface area (Å²) in [6.07, 6.45) is 0.973. The lowest BCUT2D eigenvalue weighted by atomic mass is 10.2. The van der Waals surface area contributed by atoms with Gasteiger partial charge in [-0.2, -0.15) is 0 Å². The SMILES string of the molecule is CC(C)Nc1nc([C@@H](C)O)cc2cnc(Nc3ccc(N4CCN(C(=O)CO)CC4)nn3)nc12. The second-order valence-corrected chi connectivity index (χ2v) is 8.43. The lowest BCUT2D eigenvalue weighted by Gasteiger charge is -2.34. The maximum Gasteiger partial charge on any atom is 0.248 e. The van der Waals surface area contributed by atoms with Crippen molar-refractivity contribution in [3.8, 4) is 0 Å². The Kier molecular flexibility index (Phi) is 6.98. The molecule has 0 aromatic carbocycles. The quantitative estimate of drug-likeness (QED) is 0.395. The van der Waals surface area contributed by atoms with Crippen molar-refractivity contribution in [2.45, 2.75) is 32.9 Å². The monoisotopic (exact) mass is 467 g/mol. The molecule has 0 radical (unpaired) electrons. The molecule has 0 saturated carbocycles. The number of nitrogens with one attached hydrogen (secondary N) is 2. The molecule has 1 amide bonds. The zero-order valence-electron chi connectivity index (χ0n) is 19.4. The van der Waals surface area contributed by atoms with Crippen molar-refractivity contribution in [2.24, 2.45) is 0 Å². The lowest BCUT2D eigenvalue weighted by Crippen LogP contribution is -2.49. The summed E-state index contributed by atoms with van der Waals surface area (Å²) in [6.45, 7) is 7.51. The fraction of sp³-hybridized carbons (Fsp3) is 0.455. The highest BCUT2D eigenvalue weighted by Crippen LogP contribution is 2.25. The molecule has 3 aromatic rings. The van der Waals surface area contributed by atoms with Gasteiger partial charge in [-0.1, -0.05) is 0 Å². The Balaban J connectivity index is 1.49. The molecule has 0 unspecified atom stereocenters. The number of hydrogen-bond donors (Lipinski definition) is 4. The highest BCUT2D eigenvalue weighted by atomic mass is 16.3. The molecule has 4 heterocycles. The molecule has 1 saturated heterocycles. The number of anilines is 4. The minimum Gasteiger partial charge on any atom is -0.387 e. The van der Waals surface area contributed by atoms with Gasteiger partial charge in [0.1, 0.15) is 12.1 Å². The van der Waals surface area contributed by atoms with Crippen LogP contribution in [0, 0.1) is 0 Å². The summed E-state index contributed by atoms with van der Waals surface area (Å²) < 4.78 is 0. The number of nitrogens with zero attached hydrogens (tertiary/aromatic N) is 7. The number of amides is 1. The van der Waals surface area contributed by atoms with E-state index in [4.69, 9.17) is 5.11 Å². The number of aromatic nitrogens is 5. The summed E-state index contributed by atoms with van der Waals surface area (Å²) in [7, 11) is 0. The van der Waals surface area contributed by atoms with Gasteiger partial charge in [0, 0.05) is 43.8 Å². The van der Waals surface area contributed by atoms with E-state index in [1.807, 2.05) is 24.8 Å². The molecule has 34 heavy (non-hydrogen) atoms. The molecular formula is C22H29N9O3. The average molecular weight is 468 g/mol. The maximum absolute atomic E-state index is 11.6. The summed E-state index contributed by atoms with van der Waals surface area (Å²) in [5.41, 5.74) is 1.18. The van der Waals surface area contributed by atoms with Crippen LogP contribution < -0.4 is 15.5 Å². The molecule has 4 N–H and O–H groups in total. The van der Waals surface area contributed by atoms with Crippen molar-refractivity contribution >= 4 is 40.2 Å². The molecular weight excluding hydrogens is 438 g/mol. The van der Waals surface area contributed by atoms with E-state index in [0.29, 0.717) is 60.8 Å². The number of carbonyl (C=O) groups is 1. The molecule has 3 aromatic heterocycles. The minimum absolute atomic E-state index is 0.133. The second kappa shape index (κ2) is 10.1. The Hall–Kier alpha value is -3.64. The Morgan fingerprint density at radius 3 is 2.50 bits per heavy atom. The van der Waals surface area contributed by atoms with Crippen LogP contribution in [0.15, 0.2) is 24.4 Å². The van der Waals surface area contributed by atoms with E-state index in [2.05, 4.69) is 35.8 Å². The van der Waals surface area contributed by atoms with Gasteiger partial charge in [-0.3, -0.25) is 4.79 Å². The van der Waals surface area contributed by atoms with Crippen LogP contribution in [0.1, 0.15) is 32.6 Å². The smallest absolute Gasteiger partial charge is 0.248 e. The maximum atomic E-state index is 11.6. The minimum atomic E-state index is -0.707. The molecule has 0 spiro atoms. The molecule has 1 aliphatic heterocycles. The molecule has 0 bridgehead atoms. The molecule has 0 aliphatic carbocycles. The first kappa shape index (κ1) is 23.5. The molecule has 1 aliphatic rings.